The summed E-state index contributed by atoms with van der Waals surface area (Å²) < 4.78 is 0. The highest BCUT2D eigenvalue weighted by Crippen LogP contribution is 2.25. The molecule has 3 nitrogen and oxygen atoms in total. The second-order valence-corrected chi connectivity index (χ2v) is 3.27. The van der Waals surface area contributed by atoms with Crippen molar-refractivity contribution in [1.82, 2.24) is 5.06 Å². The Bertz CT molecular complexity index is 360. The van der Waals surface area contributed by atoms with Gasteiger partial charge >= 0.3 is 0 Å². The van der Waals surface area contributed by atoms with Crippen molar-refractivity contribution in [3.05, 3.63) is 29.3 Å². The number of likely N-dealkylation sites (N-methyl/N-ethyl adjacent to an activating group) is 1. The zero-order valence-electron chi connectivity index (χ0n) is 7.70. The Balaban J connectivity index is 2.42. The lowest BCUT2D eigenvalue weighted by Gasteiger charge is -2.24. The standard InChI is InChI=1S/C10H11NO2/c1-7-3-4-8-6-10(12)11(2)13-9(8)5-7/h3-5H,6H2,1-2H3. The molecule has 1 aromatic carbocycles. The number of nitrogens with zero attached hydrogens (tertiary/aromatic N) is 1. The van der Waals surface area contributed by atoms with Crippen LogP contribution in [0.3, 0.4) is 0 Å². The molecule has 0 saturated heterocycles. The number of hydrogen-bond acceptors (Lipinski definition) is 2. The molecule has 0 aromatic heterocycles. The van der Waals surface area contributed by atoms with Gasteiger partial charge in [0, 0.05) is 12.6 Å². The van der Waals surface area contributed by atoms with Crippen molar-refractivity contribution < 1.29 is 9.63 Å². The summed E-state index contributed by atoms with van der Waals surface area (Å²) in [4.78, 5) is 16.6. The predicted molar refractivity (Wildman–Crippen MR) is 48.3 cm³/mol. The first kappa shape index (κ1) is 8.10. The maximum atomic E-state index is 11.2. The van der Waals surface area contributed by atoms with Gasteiger partial charge in [-0.15, -0.1) is 0 Å². The van der Waals surface area contributed by atoms with E-state index in [1.165, 1.54) is 5.06 Å². The van der Waals surface area contributed by atoms with Crippen molar-refractivity contribution >= 4 is 5.91 Å². The van der Waals surface area contributed by atoms with Crippen molar-refractivity contribution in [3.8, 4) is 5.75 Å². The molecule has 2 rings (SSSR count). The fourth-order valence-electron chi connectivity index (χ4n) is 1.37. The van der Waals surface area contributed by atoms with Gasteiger partial charge in [0.1, 0.15) is 0 Å². The summed E-state index contributed by atoms with van der Waals surface area (Å²) in [6.07, 6.45) is 0.437. The van der Waals surface area contributed by atoms with Gasteiger partial charge in [-0.3, -0.25) is 4.79 Å². The van der Waals surface area contributed by atoms with E-state index >= 15 is 0 Å². The van der Waals surface area contributed by atoms with E-state index in [0.29, 0.717) is 6.42 Å². The Morgan fingerprint density at radius 3 is 3.00 bits per heavy atom. The fraction of sp³-hybridized carbons (Fsp3) is 0.300. The Morgan fingerprint density at radius 2 is 2.23 bits per heavy atom. The number of hydrogen-bond donors (Lipinski definition) is 0. The lowest BCUT2D eigenvalue weighted by molar-refractivity contribution is -0.154. The van der Waals surface area contributed by atoms with Crippen molar-refractivity contribution in [2.24, 2.45) is 0 Å². The van der Waals surface area contributed by atoms with Crippen LogP contribution in [0.5, 0.6) is 5.75 Å². The lowest BCUT2D eigenvalue weighted by Crippen LogP contribution is -2.35. The Kier molecular flexibility index (Phi) is 1.72. The molecular formula is C10H11NO2. The Hall–Kier alpha value is -1.51. The second kappa shape index (κ2) is 2.76. The number of carbonyl (C=O) groups excluding carboxylic acids is 1. The molecule has 0 saturated carbocycles. The van der Waals surface area contributed by atoms with Crippen LogP contribution in [0.25, 0.3) is 0 Å². The molecule has 0 aliphatic carbocycles. The van der Waals surface area contributed by atoms with E-state index in [2.05, 4.69) is 0 Å². The van der Waals surface area contributed by atoms with Crippen molar-refractivity contribution in [3.63, 3.8) is 0 Å². The summed E-state index contributed by atoms with van der Waals surface area (Å²) in [7, 11) is 1.63. The number of amides is 1. The minimum atomic E-state index is -0.00338. The smallest absolute Gasteiger partial charge is 0.259 e. The summed E-state index contributed by atoms with van der Waals surface area (Å²) in [5.74, 6) is 0.790. The van der Waals surface area contributed by atoms with Crippen LogP contribution in [-0.2, 0) is 11.2 Å². The number of benzene rings is 1. The highest BCUT2D eigenvalue weighted by Gasteiger charge is 2.21. The molecule has 0 bridgehead atoms. The van der Waals surface area contributed by atoms with E-state index in [1.807, 2.05) is 25.1 Å². The Labute approximate surface area is 76.9 Å². The molecule has 0 spiro atoms. The fourth-order valence-corrected chi connectivity index (χ4v) is 1.37. The van der Waals surface area contributed by atoms with Crippen molar-refractivity contribution in [2.75, 3.05) is 7.05 Å². The second-order valence-electron chi connectivity index (χ2n) is 3.27. The molecule has 1 heterocycles. The molecule has 3 heteroatoms. The van der Waals surface area contributed by atoms with Crippen LogP contribution >= 0.6 is 0 Å². The number of aryl methyl sites for hydroxylation is 1. The summed E-state index contributed by atoms with van der Waals surface area (Å²) >= 11 is 0. The van der Waals surface area contributed by atoms with Crippen molar-refractivity contribution in [1.29, 1.82) is 0 Å². The molecule has 0 fully saturated rings. The summed E-state index contributed by atoms with van der Waals surface area (Å²) in [6, 6.07) is 5.87. The van der Waals surface area contributed by atoms with Crippen LogP contribution < -0.4 is 4.84 Å². The van der Waals surface area contributed by atoms with Crippen LogP contribution in [0, 0.1) is 6.92 Å². The third-order valence-corrected chi connectivity index (χ3v) is 2.15. The summed E-state index contributed by atoms with van der Waals surface area (Å²) in [5, 5.41) is 1.28. The highest BCUT2D eigenvalue weighted by molar-refractivity contribution is 5.80. The largest absolute Gasteiger partial charge is 0.377 e. The van der Waals surface area contributed by atoms with Crippen LogP contribution in [0.1, 0.15) is 11.1 Å². The molecule has 68 valence electrons. The van der Waals surface area contributed by atoms with Gasteiger partial charge in [-0.2, -0.15) is 5.06 Å². The van der Waals surface area contributed by atoms with Gasteiger partial charge in [0.2, 0.25) is 0 Å². The molecule has 0 unspecified atom stereocenters. The summed E-state index contributed by atoms with van der Waals surface area (Å²) in [6.45, 7) is 2.00. The van der Waals surface area contributed by atoms with Crippen LogP contribution in [0.15, 0.2) is 18.2 Å². The first-order chi connectivity index (χ1) is 6.16. The monoisotopic (exact) mass is 177 g/mol. The van der Waals surface area contributed by atoms with E-state index in [-0.39, 0.29) is 5.91 Å². The zero-order chi connectivity index (χ0) is 9.42. The number of carbonyl (C=O) groups is 1. The Morgan fingerprint density at radius 1 is 1.46 bits per heavy atom. The van der Waals surface area contributed by atoms with Gasteiger partial charge in [-0.1, -0.05) is 12.1 Å². The molecule has 0 radical (unpaired) electrons. The predicted octanol–water partition coefficient (Wildman–Crippen LogP) is 1.30. The van der Waals surface area contributed by atoms with Gasteiger partial charge in [0.25, 0.3) is 5.91 Å². The van der Waals surface area contributed by atoms with Crippen LogP contribution in [-0.4, -0.2) is 18.0 Å². The van der Waals surface area contributed by atoms with Crippen LogP contribution in [0.2, 0.25) is 0 Å². The molecule has 1 aliphatic heterocycles. The van der Waals surface area contributed by atoms with E-state index in [9.17, 15) is 4.79 Å². The highest BCUT2D eigenvalue weighted by atomic mass is 16.7. The molecular weight excluding hydrogens is 166 g/mol. The van der Waals surface area contributed by atoms with Crippen molar-refractivity contribution in [2.45, 2.75) is 13.3 Å². The minimum Gasteiger partial charge on any atom is -0.377 e. The lowest BCUT2D eigenvalue weighted by atomic mass is 10.1. The van der Waals surface area contributed by atoms with Gasteiger partial charge in [0.05, 0.1) is 6.42 Å². The quantitative estimate of drug-likeness (QED) is 0.597. The molecule has 1 aliphatic rings. The molecule has 0 atom stereocenters. The van der Waals surface area contributed by atoms with E-state index in [0.717, 1.165) is 16.9 Å². The number of hydroxylamine groups is 2. The number of rotatable bonds is 0. The molecule has 0 N–H and O–H groups in total. The maximum absolute atomic E-state index is 11.2. The topological polar surface area (TPSA) is 29.5 Å². The zero-order valence-corrected chi connectivity index (χ0v) is 7.70. The van der Waals surface area contributed by atoms with Gasteiger partial charge in [-0.25, -0.2) is 0 Å². The number of fused-ring (bicyclic) bond motifs is 1. The maximum Gasteiger partial charge on any atom is 0.259 e. The summed E-state index contributed by atoms with van der Waals surface area (Å²) in [5.41, 5.74) is 2.11. The first-order valence-electron chi connectivity index (χ1n) is 4.21. The average Bonchev–Trinajstić information content (AvgIpc) is 2.08. The molecule has 13 heavy (non-hydrogen) atoms. The van der Waals surface area contributed by atoms with E-state index in [4.69, 9.17) is 4.84 Å². The third-order valence-electron chi connectivity index (χ3n) is 2.15. The molecule has 1 aromatic rings. The molecule has 1 amide bonds. The average molecular weight is 177 g/mol. The first-order valence-corrected chi connectivity index (χ1v) is 4.21. The minimum absolute atomic E-state index is 0.00338. The van der Waals surface area contributed by atoms with Crippen LogP contribution in [0.4, 0.5) is 0 Å². The van der Waals surface area contributed by atoms with Gasteiger partial charge in [-0.05, 0) is 18.6 Å². The SMILES string of the molecule is Cc1ccc2c(c1)ON(C)C(=O)C2. The van der Waals surface area contributed by atoms with E-state index < -0.39 is 0 Å². The van der Waals surface area contributed by atoms with Gasteiger partial charge in [0.15, 0.2) is 5.75 Å². The third kappa shape index (κ3) is 1.37. The van der Waals surface area contributed by atoms with E-state index in [1.54, 1.807) is 7.05 Å². The normalized spacial score (nSPS) is 15.2. The van der Waals surface area contributed by atoms with Gasteiger partial charge < -0.3 is 4.84 Å².